The van der Waals surface area contributed by atoms with Crippen LogP contribution in [0, 0.1) is 17.8 Å². The summed E-state index contributed by atoms with van der Waals surface area (Å²) in [6.45, 7) is 4.78. The number of morpholine rings is 1. The molecule has 13 nitrogen and oxygen atoms in total. The summed E-state index contributed by atoms with van der Waals surface area (Å²) in [6.07, 6.45) is 7.99. The number of nitrogens with one attached hydrogen (secondary N) is 3. The van der Waals surface area contributed by atoms with Gasteiger partial charge in [0.1, 0.15) is 23.4 Å². The average molecular weight is 676 g/mol. The number of benzene rings is 1. The van der Waals surface area contributed by atoms with Crippen LogP contribution in [0.4, 0.5) is 0 Å². The van der Waals surface area contributed by atoms with Crippen molar-refractivity contribution in [3.05, 3.63) is 29.8 Å². The summed E-state index contributed by atoms with van der Waals surface area (Å²) in [7, 11) is 1.55. The summed E-state index contributed by atoms with van der Waals surface area (Å²) in [4.78, 5) is 42.1. The van der Waals surface area contributed by atoms with Crippen LogP contribution >= 0.6 is 0 Å². The maximum absolute atomic E-state index is 14.1. The highest BCUT2D eigenvalue weighted by Crippen LogP contribution is 2.44. The van der Waals surface area contributed by atoms with Crippen LogP contribution in [0.3, 0.4) is 0 Å². The minimum absolute atomic E-state index is 0.0764. The molecule has 270 valence electrons. The zero-order valence-corrected chi connectivity index (χ0v) is 28.8. The Morgan fingerprint density at radius 3 is 2.29 bits per heavy atom. The van der Waals surface area contributed by atoms with Crippen LogP contribution < -0.4 is 26.4 Å². The van der Waals surface area contributed by atoms with Gasteiger partial charge in [-0.15, -0.1) is 0 Å². The number of carbonyl (C=O) groups excluding carboxylic acids is 3. The highest BCUT2D eigenvalue weighted by atomic mass is 16.5. The first-order valence-corrected chi connectivity index (χ1v) is 17.5. The molecule has 3 amide bonds. The van der Waals surface area contributed by atoms with Gasteiger partial charge in [0.05, 0.1) is 32.9 Å². The van der Waals surface area contributed by atoms with E-state index in [0.717, 1.165) is 31.2 Å². The first kappa shape index (κ1) is 38.0. The molecule has 2 saturated carbocycles. The van der Waals surface area contributed by atoms with Crippen molar-refractivity contribution < 1.29 is 39.2 Å². The zero-order valence-electron chi connectivity index (χ0n) is 28.8. The number of aliphatic hydroxyl groups is 3. The molecule has 0 radical (unpaired) electrons. The first-order chi connectivity index (χ1) is 22.8. The number of nitrogens with zero attached hydrogens (tertiary/aromatic N) is 1. The third-order valence-electron chi connectivity index (χ3n) is 10.7. The number of fused-ring (bicyclic) bond motifs is 1. The summed E-state index contributed by atoms with van der Waals surface area (Å²) in [5.74, 6) is -2.31. The van der Waals surface area contributed by atoms with Gasteiger partial charge in [0.15, 0.2) is 0 Å². The number of nitrogens with two attached hydrogens (primary N) is 1. The summed E-state index contributed by atoms with van der Waals surface area (Å²) in [5.41, 5.74) is 4.37. The Hall–Kier alpha value is -2.81. The van der Waals surface area contributed by atoms with Crippen LogP contribution in [0.2, 0.25) is 0 Å². The second-order valence-corrected chi connectivity index (χ2v) is 14.3. The maximum atomic E-state index is 14.1. The largest absolute Gasteiger partial charge is 0.497 e. The first-order valence-electron chi connectivity index (χ1n) is 17.5. The Morgan fingerprint density at radius 1 is 0.979 bits per heavy atom. The van der Waals surface area contributed by atoms with Crippen molar-refractivity contribution in [1.82, 2.24) is 20.9 Å². The molecule has 0 bridgehead atoms. The van der Waals surface area contributed by atoms with E-state index < -0.39 is 47.9 Å². The molecule has 2 aliphatic carbocycles. The summed E-state index contributed by atoms with van der Waals surface area (Å²) in [6, 6.07) is 3.69. The number of ether oxygens (including phenoxy) is 2. The lowest BCUT2D eigenvalue weighted by Gasteiger charge is -2.45. The summed E-state index contributed by atoms with van der Waals surface area (Å²) in [5, 5.41) is 42.1. The molecule has 1 saturated heterocycles. The van der Waals surface area contributed by atoms with Crippen molar-refractivity contribution in [2.75, 3.05) is 46.5 Å². The van der Waals surface area contributed by atoms with Gasteiger partial charge in [-0.1, -0.05) is 44.2 Å². The zero-order chi connectivity index (χ0) is 34.9. The fraction of sp³-hybridized carbons (Fsp3) is 0.743. The minimum atomic E-state index is -2.75. The lowest BCUT2D eigenvalue weighted by Crippen LogP contribution is -2.68. The number of hydrogen-bond acceptors (Lipinski definition) is 10. The molecule has 1 heterocycles. The lowest BCUT2D eigenvalue weighted by molar-refractivity contribution is -0.282. The van der Waals surface area contributed by atoms with Gasteiger partial charge in [-0.25, -0.2) is 0 Å². The quantitative estimate of drug-likeness (QED) is 0.128. The standard InChI is InChI=1S/C35H57N5O8/c1-23(37-31(41)21-40-14-16-48-17-15-40)32(42)38-29(19-24-9-12-28(47-3)13-10-24)33(43)39-30(35(45,46)34(2,44)22-36)20-25-8-11-26-6-4-5-7-27(26)18-25/h9-10,12-13,23,25-27,29-30,44-46H,4-8,11,14-22,36H2,1-3H3,(H,37,41)(H,38,42)(H,39,43)/t23-,25-,26-,27-,29-,30-,34+/m0/s1. The highest BCUT2D eigenvalue weighted by Gasteiger charge is 2.51. The number of amides is 3. The molecule has 3 fully saturated rings. The van der Waals surface area contributed by atoms with Crippen molar-refractivity contribution >= 4 is 17.7 Å². The van der Waals surface area contributed by atoms with Crippen molar-refractivity contribution in [3.63, 3.8) is 0 Å². The summed E-state index contributed by atoms with van der Waals surface area (Å²) >= 11 is 0. The van der Waals surface area contributed by atoms with E-state index in [1.165, 1.54) is 26.2 Å². The van der Waals surface area contributed by atoms with Gasteiger partial charge in [-0.3, -0.25) is 19.3 Å². The molecule has 1 aromatic carbocycles. The van der Waals surface area contributed by atoms with E-state index in [9.17, 15) is 29.7 Å². The Bertz CT molecular complexity index is 1210. The van der Waals surface area contributed by atoms with Gasteiger partial charge in [-0.05, 0) is 68.6 Å². The second kappa shape index (κ2) is 17.2. The van der Waals surface area contributed by atoms with Gasteiger partial charge < -0.3 is 46.5 Å². The predicted molar refractivity (Wildman–Crippen MR) is 180 cm³/mol. The third kappa shape index (κ3) is 10.1. The van der Waals surface area contributed by atoms with Crippen molar-refractivity contribution in [3.8, 4) is 5.75 Å². The molecule has 7 atom stereocenters. The van der Waals surface area contributed by atoms with Crippen molar-refractivity contribution in [1.29, 1.82) is 0 Å². The maximum Gasteiger partial charge on any atom is 0.243 e. The minimum Gasteiger partial charge on any atom is -0.497 e. The number of hydrogen-bond donors (Lipinski definition) is 7. The summed E-state index contributed by atoms with van der Waals surface area (Å²) < 4.78 is 10.6. The molecule has 1 aromatic rings. The van der Waals surface area contributed by atoms with E-state index in [2.05, 4.69) is 16.0 Å². The van der Waals surface area contributed by atoms with E-state index in [4.69, 9.17) is 15.2 Å². The topological polar surface area (TPSA) is 196 Å². The van der Waals surface area contributed by atoms with E-state index >= 15 is 0 Å². The van der Waals surface area contributed by atoms with Gasteiger partial charge in [0, 0.05) is 26.1 Å². The van der Waals surface area contributed by atoms with Crippen molar-refractivity contribution in [2.24, 2.45) is 23.5 Å². The molecule has 0 aromatic heterocycles. The smallest absolute Gasteiger partial charge is 0.243 e. The molecule has 0 spiro atoms. The highest BCUT2D eigenvalue weighted by molar-refractivity contribution is 5.92. The Balaban J connectivity index is 1.50. The van der Waals surface area contributed by atoms with E-state index in [0.29, 0.717) is 43.9 Å². The molecule has 8 N–H and O–H groups in total. The number of carbonyl (C=O) groups is 3. The molecule has 0 unspecified atom stereocenters. The Morgan fingerprint density at radius 2 is 1.65 bits per heavy atom. The van der Waals surface area contributed by atoms with E-state index in [-0.39, 0.29) is 31.2 Å². The van der Waals surface area contributed by atoms with Crippen LogP contribution in [0.1, 0.15) is 70.8 Å². The molecule has 3 aliphatic rings. The lowest BCUT2D eigenvalue weighted by atomic mass is 9.66. The predicted octanol–water partition coefficient (Wildman–Crippen LogP) is 0.431. The van der Waals surface area contributed by atoms with E-state index in [1.807, 2.05) is 4.90 Å². The van der Waals surface area contributed by atoms with Gasteiger partial charge >= 0.3 is 0 Å². The van der Waals surface area contributed by atoms with Crippen molar-refractivity contribution in [2.45, 2.75) is 101 Å². The van der Waals surface area contributed by atoms with Crippen LogP contribution in [0.25, 0.3) is 0 Å². The molecule has 48 heavy (non-hydrogen) atoms. The van der Waals surface area contributed by atoms with Gasteiger partial charge in [0.2, 0.25) is 23.5 Å². The number of methoxy groups -OCH3 is 1. The SMILES string of the molecule is COc1ccc(C[C@H](NC(=O)[C@H](C)NC(=O)CN2CCOCC2)C(=O)N[C@@H](C[C@H]2CC[C@@H]3CCCC[C@H]3C2)C(O)(O)[C@](C)(O)CN)cc1. The number of rotatable bonds is 15. The third-order valence-corrected chi connectivity index (χ3v) is 10.7. The fourth-order valence-electron chi connectivity index (χ4n) is 7.46. The molecule has 4 rings (SSSR count). The Kier molecular flexibility index (Phi) is 13.6. The van der Waals surface area contributed by atoms with Crippen LogP contribution in [-0.4, -0.2) is 114 Å². The van der Waals surface area contributed by atoms with Crippen LogP contribution in [0.15, 0.2) is 24.3 Å². The van der Waals surface area contributed by atoms with Crippen LogP contribution in [-0.2, 0) is 25.5 Å². The van der Waals surface area contributed by atoms with Gasteiger partial charge in [0.25, 0.3) is 0 Å². The van der Waals surface area contributed by atoms with Crippen LogP contribution in [0.5, 0.6) is 5.75 Å². The molecule has 13 heteroatoms. The molecular weight excluding hydrogens is 618 g/mol. The second-order valence-electron chi connectivity index (χ2n) is 14.3. The van der Waals surface area contributed by atoms with Gasteiger partial charge in [-0.2, -0.15) is 0 Å². The van der Waals surface area contributed by atoms with E-state index in [1.54, 1.807) is 38.3 Å². The Labute approximate surface area is 284 Å². The molecular formula is C35H57N5O8. The molecule has 1 aliphatic heterocycles. The normalized spacial score (nSPS) is 25.0. The average Bonchev–Trinajstić information content (AvgIpc) is 3.08. The monoisotopic (exact) mass is 675 g/mol. The fourth-order valence-corrected chi connectivity index (χ4v) is 7.46.